The van der Waals surface area contributed by atoms with E-state index in [0.29, 0.717) is 13.2 Å². The van der Waals surface area contributed by atoms with E-state index in [1.165, 1.54) is 0 Å². The highest BCUT2D eigenvalue weighted by Gasteiger charge is 2.16. The number of benzene rings is 1. The van der Waals surface area contributed by atoms with Crippen molar-refractivity contribution in [3.63, 3.8) is 0 Å². The first kappa shape index (κ1) is 13.4. The molecule has 1 aromatic rings. The fourth-order valence-corrected chi connectivity index (χ4v) is 1.36. The molecule has 0 N–H and O–H groups in total. The number of hydrogen-bond donors (Lipinski definition) is 0. The van der Waals surface area contributed by atoms with Crippen LogP contribution < -0.4 is 0 Å². The second-order valence-electron chi connectivity index (χ2n) is 3.04. The van der Waals surface area contributed by atoms with Crippen LogP contribution in [0.2, 0.25) is 5.02 Å². The molecule has 16 heavy (non-hydrogen) atoms. The van der Waals surface area contributed by atoms with Gasteiger partial charge in [-0.15, -0.1) is 0 Å². The number of ether oxygens (including phenoxy) is 2. The van der Waals surface area contributed by atoms with Gasteiger partial charge in [0.15, 0.2) is 6.29 Å². The maximum absolute atomic E-state index is 13.2. The lowest BCUT2D eigenvalue weighted by Gasteiger charge is -2.17. The molecule has 0 aliphatic heterocycles. The van der Waals surface area contributed by atoms with Crippen molar-refractivity contribution < 1.29 is 18.3 Å². The van der Waals surface area contributed by atoms with Crippen LogP contribution in [0.15, 0.2) is 12.1 Å². The van der Waals surface area contributed by atoms with Crippen LogP contribution in [0.1, 0.15) is 25.7 Å². The zero-order chi connectivity index (χ0) is 12.1. The third-order valence-electron chi connectivity index (χ3n) is 1.91. The molecule has 1 aromatic carbocycles. The van der Waals surface area contributed by atoms with E-state index < -0.39 is 22.9 Å². The molecule has 0 radical (unpaired) electrons. The van der Waals surface area contributed by atoms with Gasteiger partial charge >= 0.3 is 0 Å². The molecule has 0 aromatic heterocycles. The molecule has 0 aliphatic carbocycles. The van der Waals surface area contributed by atoms with Gasteiger partial charge < -0.3 is 9.47 Å². The molecule has 90 valence electrons. The first-order valence-electron chi connectivity index (χ1n) is 4.97. The fourth-order valence-electron chi connectivity index (χ4n) is 1.25. The van der Waals surface area contributed by atoms with E-state index in [9.17, 15) is 8.78 Å². The Balaban J connectivity index is 3.00. The van der Waals surface area contributed by atoms with Gasteiger partial charge in [-0.2, -0.15) is 0 Å². The maximum atomic E-state index is 13.2. The van der Waals surface area contributed by atoms with E-state index >= 15 is 0 Å². The summed E-state index contributed by atoms with van der Waals surface area (Å²) in [4.78, 5) is 0. The zero-order valence-electron chi connectivity index (χ0n) is 9.10. The Morgan fingerprint density at radius 1 is 1.12 bits per heavy atom. The molecule has 5 heteroatoms. The minimum atomic E-state index is -0.818. The molecule has 2 nitrogen and oxygen atoms in total. The van der Waals surface area contributed by atoms with Crippen LogP contribution >= 0.6 is 11.6 Å². The van der Waals surface area contributed by atoms with Gasteiger partial charge in [0, 0.05) is 18.8 Å². The second kappa shape index (κ2) is 6.13. The Morgan fingerprint density at radius 2 is 1.56 bits per heavy atom. The van der Waals surface area contributed by atoms with Crippen molar-refractivity contribution in [3.8, 4) is 0 Å². The highest BCUT2D eigenvalue weighted by molar-refractivity contribution is 6.30. The third kappa shape index (κ3) is 3.14. The van der Waals surface area contributed by atoms with E-state index in [1.807, 2.05) is 0 Å². The first-order chi connectivity index (χ1) is 7.60. The minimum Gasteiger partial charge on any atom is -0.349 e. The van der Waals surface area contributed by atoms with Gasteiger partial charge in [-0.3, -0.25) is 0 Å². The Morgan fingerprint density at radius 3 is 1.94 bits per heavy atom. The Labute approximate surface area is 98.1 Å². The number of hydrogen-bond acceptors (Lipinski definition) is 2. The molecule has 0 aliphatic rings. The number of halogens is 3. The summed E-state index contributed by atoms with van der Waals surface area (Å²) in [5.41, 5.74) is 0.281. The van der Waals surface area contributed by atoms with Gasteiger partial charge in [-0.1, -0.05) is 11.6 Å². The lowest BCUT2D eigenvalue weighted by molar-refractivity contribution is -0.140. The molecule has 0 spiro atoms. The summed E-state index contributed by atoms with van der Waals surface area (Å²) in [6.45, 7) is 4.32. The van der Waals surface area contributed by atoms with Crippen LogP contribution in [0.3, 0.4) is 0 Å². The Kier molecular flexibility index (Phi) is 5.12. The normalized spacial score (nSPS) is 11.1. The average Bonchev–Trinajstić information content (AvgIpc) is 2.25. The van der Waals surface area contributed by atoms with Crippen LogP contribution in [-0.2, 0) is 9.47 Å². The predicted octanol–water partition coefficient (Wildman–Crippen LogP) is 3.69. The van der Waals surface area contributed by atoms with E-state index in [-0.39, 0.29) is 5.56 Å². The Hall–Kier alpha value is -0.710. The van der Waals surface area contributed by atoms with E-state index in [4.69, 9.17) is 21.1 Å². The van der Waals surface area contributed by atoms with Crippen molar-refractivity contribution >= 4 is 11.6 Å². The lowest BCUT2D eigenvalue weighted by atomic mass is 10.2. The smallest absolute Gasteiger partial charge is 0.183 e. The predicted molar refractivity (Wildman–Crippen MR) is 57.4 cm³/mol. The SMILES string of the molecule is CCOC(OCC)c1cc(F)c(Cl)c(F)c1. The van der Waals surface area contributed by atoms with Crippen molar-refractivity contribution in [2.75, 3.05) is 13.2 Å². The van der Waals surface area contributed by atoms with Crippen molar-refractivity contribution in [2.24, 2.45) is 0 Å². The summed E-state index contributed by atoms with van der Waals surface area (Å²) in [6.07, 6.45) is -0.767. The van der Waals surface area contributed by atoms with Crippen molar-refractivity contribution in [3.05, 3.63) is 34.4 Å². The van der Waals surface area contributed by atoms with E-state index in [2.05, 4.69) is 0 Å². The van der Waals surface area contributed by atoms with Crippen LogP contribution in [0.5, 0.6) is 0 Å². The minimum absolute atomic E-state index is 0.281. The van der Waals surface area contributed by atoms with E-state index in [1.54, 1.807) is 13.8 Å². The number of rotatable bonds is 5. The zero-order valence-corrected chi connectivity index (χ0v) is 9.85. The van der Waals surface area contributed by atoms with Gasteiger partial charge in [-0.05, 0) is 26.0 Å². The molecule has 0 atom stereocenters. The molecule has 0 bridgehead atoms. The summed E-state index contributed by atoms with van der Waals surface area (Å²) in [5, 5.41) is -0.518. The first-order valence-corrected chi connectivity index (χ1v) is 5.35. The van der Waals surface area contributed by atoms with Gasteiger partial charge in [-0.25, -0.2) is 8.78 Å². The van der Waals surface area contributed by atoms with Crippen LogP contribution in [0.4, 0.5) is 8.78 Å². The second-order valence-corrected chi connectivity index (χ2v) is 3.42. The highest BCUT2D eigenvalue weighted by Crippen LogP contribution is 2.26. The topological polar surface area (TPSA) is 18.5 Å². The average molecular weight is 251 g/mol. The summed E-state index contributed by atoms with van der Waals surface area (Å²) >= 11 is 5.38. The van der Waals surface area contributed by atoms with Gasteiger partial charge in [0.05, 0.1) is 0 Å². The standard InChI is InChI=1S/C11H13ClF2O2/c1-3-15-11(16-4-2)7-5-8(13)10(12)9(14)6-7/h5-6,11H,3-4H2,1-2H3. The Bertz CT molecular complexity index is 329. The largest absolute Gasteiger partial charge is 0.349 e. The fraction of sp³-hybridized carbons (Fsp3) is 0.455. The quantitative estimate of drug-likeness (QED) is 0.586. The van der Waals surface area contributed by atoms with Gasteiger partial charge in [0.25, 0.3) is 0 Å². The molecular formula is C11H13ClF2O2. The van der Waals surface area contributed by atoms with Gasteiger partial charge in [0.1, 0.15) is 16.7 Å². The molecule has 0 heterocycles. The molecule has 0 fully saturated rings. The monoisotopic (exact) mass is 250 g/mol. The summed E-state index contributed by atoms with van der Waals surface area (Å²) < 4.78 is 36.8. The van der Waals surface area contributed by atoms with Gasteiger partial charge in [0.2, 0.25) is 0 Å². The van der Waals surface area contributed by atoms with Crippen molar-refractivity contribution in [1.29, 1.82) is 0 Å². The van der Waals surface area contributed by atoms with Crippen LogP contribution in [-0.4, -0.2) is 13.2 Å². The molecule has 0 saturated carbocycles. The maximum Gasteiger partial charge on any atom is 0.183 e. The molecular weight excluding hydrogens is 238 g/mol. The third-order valence-corrected chi connectivity index (χ3v) is 2.28. The van der Waals surface area contributed by atoms with Crippen LogP contribution in [0, 0.1) is 11.6 Å². The van der Waals surface area contributed by atoms with Crippen molar-refractivity contribution in [1.82, 2.24) is 0 Å². The highest BCUT2D eigenvalue weighted by atomic mass is 35.5. The van der Waals surface area contributed by atoms with E-state index in [0.717, 1.165) is 12.1 Å². The van der Waals surface area contributed by atoms with Crippen LogP contribution in [0.25, 0.3) is 0 Å². The summed E-state index contributed by atoms with van der Waals surface area (Å²) in [5.74, 6) is -1.64. The van der Waals surface area contributed by atoms with Crippen molar-refractivity contribution in [2.45, 2.75) is 20.1 Å². The molecule has 1 rings (SSSR count). The lowest BCUT2D eigenvalue weighted by Crippen LogP contribution is -2.09. The molecule has 0 unspecified atom stereocenters. The molecule has 0 amide bonds. The summed E-state index contributed by atoms with van der Waals surface area (Å²) in [7, 11) is 0. The summed E-state index contributed by atoms with van der Waals surface area (Å²) in [6, 6.07) is 2.22. The molecule has 0 saturated heterocycles.